The maximum absolute atomic E-state index is 11.8. The number of nitrogens with one attached hydrogen (secondary N) is 1. The van der Waals surface area contributed by atoms with Crippen LogP contribution >= 0.6 is 0 Å². The van der Waals surface area contributed by atoms with Gasteiger partial charge in [-0.25, -0.2) is 0 Å². The van der Waals surface area contributed by atoms with Gasteiger partial charge in [-0.05, 0) is 19.3 Å². The Morgan fingerprint density at radius 2 is 2.06 bits per heavy atom. The van der Waals surface area contributed by atoms with Gasteiger partial charge in [0, 0.05) is 13.2 Å². The van der Waals surface area contributed by atoms with Crippen molar-refractivity contribution < 1.29 is 14.6 Å². The van der Waals surface area contributed by atoms with Crippen LogP contribution in [0.3, 0.4) is 0 Å². The molecule has 2 unspecified atom stereocenters. The molecule has 0 aliphatic carbocycles. The fourth-order valence-electron chi connectivity index (χ4n) is 1.54. The second-order valence-corrected chi connectivity index (χ2v) is 5.46. The van der Waals surface area contributed by atoms with E-state index in [1.807, 2.05) is 20.8 Å². The molecule has 0 aliphatic heterocycles. The van der Waals surface area contributed by atoms with Gasteiger partial charge < -0.3 is 20.9 Å². The number of ether oxygens (including phenoxy) is 1. The molecule has 0 bridgehead atoms. The maximum Gasteiger partial charge on any atom is 0.239 e. The number of hydrogen-bond donors (Lipinski definition) is 3. The minimum absolute atomic E-state index is 0.174. The predicted octanol–water partition coefficient (Wildman–Crippen LogP) is 0.654. The lowest BCUT2D eigenvalue weighted by atomic mass is 9.96. The number of carbonyl (C=O) groups excluding carboxylic acids is 1. The molecule has 4 N–H and O–H groups in total. The van der Waals surface area contributed by atoms with Crippen LogP contribution in [-0.2, 0) is 9.53 Å². The summed E-state index contributed by atoms with van der Waals surface area (Å²) in [7, 11) is 0. The van der Waals surface area contributed by atoms with Crippen molar-refractivity contribution in [3.8, 4) is 0 Å². The first-order chi connectivity index (χ1) is 8.29. The summed E-state index contributed by atoms with van der Waals surface area (Å²) in [5.41, 5.74) is 5.00. The molecule has 0 rings (SSSR count). The fourth-order valence-corrected chi connectivity index (χ4v) is 1.54. The molecule has 0 spiro atoms. The highest BCUT2D eigenvalue weighted by molar-refractivity contribution is 5.85. The monoisotopic (exact) mass is 260 g/mol. The van der Waals surface area contributed by atoms with E-state index in [-0.39, 0.29) is 19.1 Å². The molecule has 18 heavy (non-hydrogen) atoms. The van der Waals surface area contributed by atoms with Crippen LogP contribution in [-0.4, -0.2) is 42.4 Å². The Bertz CT molecular complexity index is 242. The SMILES string of the molecule is CCCC(C)(N)C(=O)NCC(O)COCC(C)C. The van der Waals surface area contributed by atoms with Gasteiger partial charge in [-0.3, -0.25) is 4.79 Å². The predicted molar refractivity (Wildman–Crippen MR) is 72.2 cm³/mol. The third-order valence-electron chi connectivity index (χ3n) is 2.55. The molecule has 0 aliphatic rings. The highest BCUT2D eigenvalue weighted by Crippen LogP contribution is 2.08. The molecule has 2 atom stereocenters. The molecule has 0 radical (unpaired) electrons. The highest BCUT2D eigenvalue weighted by atomic mass is 16.5. The number of nitrogens with two attached hydrogens (primary N) is 1. The molecule has 0 saturated heterocycles. The van der Waals surface area contributed by atoms with Crippen LogP contribution in [0.2, 0.25) is 0 Å². The Morgan fingerprint density at radius 3 is 2.56 bits per heavy atom. The minimum Gasteiger partial charge on any atom is -0.389 e. The number of hydrogen-bond acceptors (Lipinski definition) is 4. The number of amides is 1. The van der Waals surface area contributed by atoms with Crippen LogP contribution in [0.15, 0.2) is 0 Å². The van der Waals surface area contributed by atoms with E-state index in [2.05, 4.69) is 5.32 Å². The van der Waals surface area contributed by atoms with E-state index >= 15 is 0 Å². The van der Waals surface area contributed by atoms with E-state index in [9.17, 15) is 9.90 Å². The summed E-state index contributed by atoms with van der Waals surface area (Å²) in [5, 5.41) is 12.3. The van der Waals surface area contributed by atoms with E-state index in [0.29, 0.717) is 18.9 Å². The lowest BCUT2D eigenvalue weighted by Gasteiger charge is -2.23. The van der Waals surface area contributed by atoms with Crippen molar-refractivity contribution in [2.45, 2.75) is 52.2 Å². The van der Waals surface area contributed by atoms with Crippen molar-refractivity contribution >= 4 is 5.91 Å². The zero-order valence-electron chi connectivity index (χ0n) is 12.0. The highest BCUT2D eigenvalue weighted by Gasteiger charge is 2.27. The van der Waals surface area contributed by atoms with Gasteiger partial charge in [-0.1, -0.05) is 27.2 Å². The number of aliphatic hydroxyl groups is 1. The van der Waals surface area contributed by atoms with Gasteiger partial charge in [0.25, 0.3) is 0 Å². The molecule has 0 saturated carbocycles. The summed E-state index contributed by atoms with van der Waals surface area (Å²) in [5.74, 6) is 0.205. The molecule has 0 aromatic rings. The third-order valence-corrected chi connectivity index (χ3v) is 2.55. The van der Waals surface area contributed by atoms with Crippen LogP contribution in [0, 0.1) is 5.92 Å². The van der Waals surface area contributed by atoms with Gasteiger partial charge in [0.15, 0.2) is 0 Å². The number of rotatable bonds is 9. The number of aliphatic hydroxyl groups excluding tert-OH is 1. The first-order valence-corrected chi connectivity index (χ1v) is 6.62. The standard InChI is InChI=1S/C13H28N2O3/c1-5-6-13(4,14)12(17)15-7-11(16)9-18-8-10(2)3/h10-11,16H,5-9,14H2,1-4H3,(H,15,17). The topological polar surface area (TPSA) is 84.6 Å². The molecule has 108 valence electrons. The van der Waals surface area contributed by atoms with Crippen molar-refractivity contribution in [2.24, 2.45) is 11.7 Å². The molecule has 5 heteroatoms. The normalized spacial score (nSPS) is 16.4. The molecule has 0 fully saturated rings. The number of carbonyl (C=O) groups is 1. The van der Waals surface area contributed by atoms with Crippen LogP contribution in [0.5, 0.6) is 0 Å². The zero-order valence-corrected chi connectivity index (χ0v) is 12.0. The van der Waals surface area contributed by atoms with E-state index in [1.165, 1.54) is 0 Å². The largest absolute Gasteiger partial charge is 0.389 e. The van der Waals surface area contributed by atoms with Crippen molar-refractivity contribution in [3.63, 3.8) is 0 Å². The Labute approximate surface area is 110 Å². The second kappa shape index (κ2) is 8.45. The van der Waals surface area contributed by atoms with E-state index in [1.54, 1.807) is 6.92 Å². The van der Waals surface area contributed by atoms with Crippen molar-refractivity contribution in [1.82, 2.24) is 5.32 Å². The summed E-state index contributed by atoms with van der Waals surface area (Å²) in [6, 6.07) is 0. The smallest absolute Gasteiger partial charge is 0.239 e. The van der Waals surface area contributed by atoms with Gasteiger partial charge in [0.1, 0.15) is 0 Å². The van der Waals surface area contributed by atoms with E-state index in [0.717, 1.165) is 6.42 Å². The lowest BCUT2D eigenvalue weighted by Crippen LogP contribution is -2.53. The van der Waals surface area contributed by atoms with Crippen molar-refractivity contribution in [2.75, 3.05) is 19.8 Å². The first-order valence-electron chi connectivity index (χ1n) is 6.62. The molecule has 5 nitrogen and oxygen atoms in total. The van der Waals surface area contributed by atoms with Gasteiger partial charge in [0.05, 0.1) is 18.2 Å². The summed E-state index contributed by atoms with van der Waals surface area (Å²) in [6.45, 7) is 8.77. The molecule has 0 heterocycles. The zero-order chi connectivity index (χ0) is 14.2. The quantitative estimate of drug-likeness (QED) is 0.568. The van der Waals surface area contributed by atoms with Gasteiger partial charge >= 0.3 is 0 Å². The molecular weight excluding hydrogens is 232 g/mol. The molecule has 0 aromatic heterocycles. The van der Waals surface area contributed by atoms with Crippen LogP contribution in [0.4, 0.5) is 0 Å². The molecule has 0 aromatic carbocycles. The van der Waals surface area contributed by atoms with Gasteiger partial charge in [0.2, 0.25) is 5.91 Å². The average Bonchev–Trinajstić information content (AvgIpc) is 2.25. The molecule has 1 amide bonds. The Morgan fingerprint density at radius 1 is 1.44 bits per heavy atom. The second-order valence-electron chi connectivity index (χ2n) is 5.46. The average molecular weight is 260 g/mol. The minimum atomic E-state index is -0.868. The lowest BCUT2D eigenvalue weighted by molar-refractivity contribution is -0.126. The van der Waals surface area contributed by atoms with Gasteiger partial charge in [-0.15, -0.1) is 0 Å². The van der Waals surface area contributed by atoms with Crippen molar-refractivity contribution in [1.29, 1.82) is 0 Å². The summed E-state index contributed by atoms with van der Waals surface area (Å²) >= 11 is 0. The Kier molecular flexibility index (Phi) is 8.15. The first kappa shape index (κ1) is 17.4. The maximum atomic E-state index is 11.8. The summed E-state index contributed by atoms with van der Waals surface area (Å²) in [4.78, 5) is 11.8. The van der Waals surface area contributed by atoms with Crippen LogP contribution < -0.4 is 11.1 Å². The van der Waals surface area contributed by atoms with Crippen molar-refractivity contribution in [3.05, 3.63) is 0 Å². The van der Waals surface area contributed by atoms with E-state index in [4.69, 9.17) is 10.5 Å². The van der Waals surface area contributed by atoms with Gasteiger partial charge in [-0.2, -0.15) is 0 Å². The summed E-state index contributed by atoms with van der Waals surface area (Å²) < 4.78 is 5.29. The Balaban J connectivity index is 3.84. The van der Waals surface area contributed by atoms with E-state index < -0.39 is 11.6 Å². The van der Waals surface area contributed by atoms with Crippen LogP contribution in [0.25, 0.3) is 0 Å². The third kappa shape index (κ3) is 7.63. The fraction of sp³-hybridized carbons (Fsp3) is 0.923. The van der Waals surface area contributed by atoms with Crippen LogP contribution in [0.1, 0.15) is 40.5 Å². The molecular formula is C13H28N2O3. The Hall–Kier alpha value is -0.650. The summed E-state index contributed by atoms with van der Waals surface area (Å²) in [6.07, 6.45) is 0.782.